The number of hydrogen-bond acceptors (Lipinski definition) is 0. The Balaban J connectivity index is 2.01. The third-order valence-electron chi connectivity index (χ3n) is 3.24. The fraction of sp³-hybridized carbons (Fsp3) is 1.00. The second-order valence-electron chi connectivity index (χ2n) is 4.11. The molecule has 1 heteroatoms. The van der Waals surface area contributed by atoms with Crippen molar-refractivity contribution in [1.82, 2.24) is 0 Å². The fourth-order valence-electron chi connectivity index (χ4n) is 2.51. The summed E-state index contributed by atoms with van der Waals surface area (Å²) < 4.78 is 1.24. The van der Waals surface area contributed by atoms with Gasteiger partial charge in [-0.2, -0.15) is 0 Å². The summed E-state index contributed by atoms with van der Waals surface area (Å²) in [6, 6.07) is 0. The van der Waals surface area contributed by atoms with Crippen molar-refractivity contribution in [3.8, 4) is 0 Å². The summed E-state index contributed by atoms with van der Waals surface area (Å²) in [5.41, 5.74) is 0. The Hall–Kier alpha value is 0.730. The van der Waals surface area contributed by atoms with Crippen LogP contribution in [0.2, 0.25) is 0 Å². The molecule has 2 rings (SSSR count). The predicted molar refractivity (Wildman–Crippen MR) is 55.0 cm³/mol. The Kier molecular flexibility index (Phi) is 1.74. The van der Waals surface area contributed by atoms with E-state index in [1.54, 1.807) is 12.8 Å². The molecule has 0 aliphatic heterocycles. The Bertz CT molecular complexity index is 142. The zero-order valence-corrected chi connectivity index (χ0v) is 9.26. The van der Waals surface area contributed by atoms with Gasteiger partial charge in [-0.15, -0.1) is 0 Å². The second kappa shape index (κ2) is 2.36. The molecule has 2 fully saturated rings. The van der Waals surface area contributed by atoms with Crippen molar-refractivity contribution in [3.63, 3.8) is 0 Å². The van der Waals surface area contributed by atoms with E-state index in [0.29, 0.717) is 0 Å². The second-order valence-corrected chi connectivity index (χ2v) is 10.4. The van der Waals surface area contributed by atoms with Crippen molar-refractivity contribution in [2.24, 2.45) is 17.8 Å². The monoisotopic (exact) mass is 252 g/mol. The van der Waals surface area contributed by atoms with Crippen LogP contribution < -0.4 is 0 Å². The van der Waals surface area contributed by atoms with Crippen LogP contribution in [0.1, 0.15) is 19.8 Å². The van der Waals surface area contributed by atoms with E-state index in [0.717, 1.165) is 5.92 Å². The van der Waals surface area contributed by atoms with Crippen LogP contribution >= 0.6 is 19.8 Å². The first kappa shape index (κ1) is 7.38. The Morgan fingerprint density at radius 3 is 2.00 bits per heavy atom. The first-order valence-electron chi connectivity index (χ1n) is 4.18. The molecular weight excluding hydrogens is 235 g/mol. The summed E-state index contributed by atoms with van der Waals surface area (Å²) in [5.74, 6) is 3.49. The summed E-state index contributed by atoms with van der Waals surface area (Å²) >= 11 is -0.434. The molecule has 0 N–H and O–H groups in total. The number of hydrogen-bond donors (Lipinski definition) is 0. The minimum absolute atomic E-state index is 0.434. The number of alkyl halides is 3. The minimum atomic E-state index is -0.434. The average molecular weight is 252 g/mol. The maximum atomic E-state index is 2.54. The SMILES string of the molecule is CC1CC(I(C)C)C2CC12. The number of halogens is 1. The molecule has 2 saturated carbocycles. The molecule has 0 aromatic rings. The molecular formula is C9H17I. The zero-order chi connectivity index (χ0) is 7.30. The van der Waals surface area contributed by atoms with Crippen LogP contribution in [-0.4, -0.2) is 13.8 Å². The molecule has 60 valence electrons. The van der Waals surface area contributed by atoms with Crippen LogP contribution in [0.3, 0.4) is 0 Å². The maximum absolute atomic E-state index is 2.54. The number of fused-ring (bicyclic) bond motifs is 1. The fourth-order valence-corrected chi connectivity index (χ4v) is 7.01. The topological polar surface area (TPSA) is 0 Å². The third-order valence-corrected chi connectivity index (χ3v) is 7.88. The summed E-state index contributed by atoms with van der Waals surface area (Å²) in [7, 11) is 0. The number of rotatable bonds is 1. The van der Waals surface area contributed by atoms with Gasteiger partial charge < -0.3 is 0 Å². The van der Waals surface area contributed by atoms with Crippen molar-refractivity contribution in [1.29, 1.82) is 0 Å². The third kappa shape index (κ3) is 1.01. The van der Waals surface area contributed by atoms with Gasteiger partial charge in [0.05, 0.1) is 0 Å². The molecule has 0 aromatic heterocycles. The predicted octanol–water partition coefficient (Wildman–Crippen LogP) is 2.80. The molecule has 4 unspecified atom stereocenters. The van der Waals surface area contributed by atoms with Gasteiger partial charge >= 0.3 is 71.1 Å². The van der Waals surface area contributed by atoms with Crippen LogP contribution in [0.4, 0.5) is 0 Å². The van der Waals surface area contributed by atoms with Gasteiger partial charge in [0, 0.05) is 0 Å². The van der Waals surface area contributed by atoms with Gasteiger partial charge in [-0.1, -0.05) is 0 Å². The summed E-state index contributed by atoms with van der Waals surface area (Å²) in [5, 5.41) is 0. The van der Waals surface area contributed by atoms with Gasteiger partial charge in [0.15, 0.2) is 0 Å². The summed E-state index contributed by atoms with van der Waals surface area (Å²) in [6.07, 6.45) is 3.19. The van der Waals surface area contributed by atoms with E-state index in [1.807, 2.05) is 0 Å². The molecule has 2 aliphatic carbocycles. The molecule has 2 aliphatic rings. The van der Waals surface area contributed by atoms with Crippen LogP contribution in [0.5, 0.6) is 0 Å². The molecule has 0 heterocycles. The van der Waals surface area contributed by atoms with E-state index < -0.39 is 19.8 Å². The van der Waals surface area contributed by atoms with Crippen LogP contribution in [-0.2, 0) is 0 Å². The van der Waals surface area contributed by atoms with Gasteiger partial charge in [-0.25, -0.2) is 0 Å². The normalized spacial score (nSPS) is 52.5. The van der Waals surface area contributed by atoms with E-state index in [1.165, 1.54) is 15.8 Å². The standard InChI is InChI=1S/C9H17I/c1-6-4-9(10(2)3)8-5-7(6)8/h6-9H,4-5H2,1-3H3. The summed E-state index contributed by atoms with van der Waals surface area (Å²) in [4.78, 5) is 5.09. The zero-order valence-electron chi connectivity index (χ0n) is 7.10. The van der Waals surface area contributed by atoms with E-state index in [-0.39, 0.29) is 0 Å². The Morgan fingerprint density at radius 1 is 1.10 bits per heavy atom. The Labute approximate surface area is 71.2 Å². The van der Waals surface area contributed by atoms with Crippen LogP contribution in [0, 0.1) is 17.8 Å². The van der Waals surface area contributed by atoms with Gasteiger partial charge in [-0.05, 0) is 0 Å². The molecule has 0 radical (unpaired) electrons. The van der Waals surface area contributed by atoms with Crippen LogP contribution in [0.25, 0.3) is 0 Å². The van der Waals surface area contributed by atoms with Gasteiger partial charge in [-0.3, -0.25) is 0 Å². The van der Waals surface area contributed by atoms with Crippen molar-refractivity contribution in [3.05, 3.63) is 0 Å². The molecule has 0 amide bonds. The first-order valence-corrected chi connectivity index (χ1v) is 9.75. The van der Waals surface area contributed by atoms with Crippen LogP contribution in [0.15, 0.2) is 0 Å². The van der Waals surface area contributed by atoms with Crippen molar-refractivity contribution in [2.75, 3.05) is 9.86 Å². The molecule has 0 aromatic carbocycles. The van der Waals surface area contributed by atoms with Crippen molar-refractivity contribution >= 4 is 19.8 Å². The molecule has 0 saturated heterocycles. The van der Waals surface area contributed by atoms with E-state index >= 15 is 0 Å². The van der Waals surface area contributed by atoms with Crippen molar-refractivity contribution < 1.29 is 0 Å². The Morgan fingerprint density at radius 2 is 1.80 bits per heavy atom. The van der Waals surface area contributed by atoms with E-state index in [4.69, 9.17) is 0 Å². The van der Waals surface area contributed by atoms with E-state index in [9.17, 15) is 0 Å². The molecule has 4 atom stereocenters. The molecule has 0 nitrogen and oxygen atoms in total. The average Bonchev–Trinajstić information content (AvgIpc) is 2.55. The van der Waals surface area contributed by atoms with Gasteiger partial charge in [0.25, 0.3) is 0 Å². The molecule has 0 spiro atoms. The van der Waals surface area contributed by atoms with Gasteiger partial charge in [0.1, 0.15) is 0 Å². The quantitative estimate of drug-likeness (QED) is 0.497. The molecule has 10 heavy (non-hydrogen) atoms. The van der Waals surface area contributed by atoms with Gasteiger partial charge in [0.2, 0.25) is 0 Å². The van der Waals surface area contributed by atoms with E-state index in [2.05, 4.69) is 16.8 Å². The first-order chi connectivity index (χ1) is 4.70. The van der Waals surface area contributed by atoms with Crippen molar-refractivity contribution in [2.45, 2.75) is 23.7 Å². The summed E-state index contributed by atoms with van der Waals surface area (Å²) in [6.45, 7) is 2.46. The molecule has 0 bridgehead atoms.